The van der Waals surface area contributed by atoms with Crippen LogP contribution < -0.4 is 15.4 Å². The van der Waals surface area contributed by atoms with E-state index in [1.807, 2.05) is 6.07 Å². The maximum absolute atomic E-state index is 12.5. The second kappa shape index (κ2) is 8.49. The molecule has 3 rings (SSSR count). The van der Waals surface area contributed by atoms with Crippen LogP contribution in [-0.2, 0) is 4.74 Å². The Labute approximate surface area is 152 Å². The molecule has 2 amide bonds. The van der Waals surface area contributed by atoms with Crippen molar-refractivity contribution in [2.45, 2.75) is 18.9 Å². The molecule has 1 fully saturated rings. The highest BCUT2D eigenvalue weighted by Crippen LogP contribution is 2.18. The van der Waals surface area contributed by atoms with Gasteiger partial charge in [0.05, 0.1) is 6.10 Å². The van der Waals surface area contributed by atoms with Gasteiger partial charge in [-0.1, -0.05) is 12.1 Å². The van der Waals surface area contributed by atoms with E-state index in [0.29, 0.717) is 29.2 Å². The summed E-state index contributed by atoms with van der Waals surface area (Å²) in [6.45, 7) is 1.27. The van der Waals surface area contributed by atoms with Crippen molar-refractivity contribution in [1.82, 2.24) is 5.32 Å². The first kappa shape index (κ1) is 17.9. The van der Waals surface area contributed by atoms with Gasteiger partial charge in [-0.15, -0.1) is 0 Å². The van der Waals surface area contributed by atoms with Gasteiger partial charge in [0, 0.05) is 30.5 Å². The molecule has 1 aliphatic rings. The van der Waals surface area contributed by atoms with Gasteiger partial charge >= 0.3 is 0 Å². The maximum atomic E-state index is 12.5. The number of anilines is 1. The Morgan fingerprint density at radius 1 is 1.12 bits per heavy atom. The van der Waals surface area contributed by atoms with Gasteiger partial charge in [-0.05, 0) is 49.2 Å². The molecule has 1 unspecified atom stereocenters. The molecule has 1 aliphatic heterocycles. The van der Waals surface area contributed by atoms with E-state index in [0.717, 1.165) is 19.4 Å². The number of carbonyl (C=O) groups excluding carboxylic acids is 2. The number of nitrogens with one attached hydrogen (secondary N) is 2. The fourth-order valence-corrected chi connectivity index (χ4v) is 2.78. The van der Waals surface area contributed by atoms with Crippen LogP contribution in [0.2, 0.25) is 0 Å². The summed E-state index contributed by atoms with van der Waals surface area (Å²) in [5.74, 6) is 0.166. The third kappa shape index (κ3) is 4.61. The normalized spacial score (nSPS) is 16.1. The lowest BCUT2D eigenvalue weighted by atomic mass is 10.1. The summed E-state index contributed by atoms with van der Waals surface area (Å²) in [6, 6.07) is 13.8. The molecule has 0 aliphatic carbocycles. The smallest absolute Gasteiger partial charge is 0.255 e. The average Bonchev–Trinajstić information content (AvgIpc) is 3.20. The van der Waals surface area contributed by atoms with Crippen molar-refractivity contribution >= 4 is 17.5 Å². The first-order valence-electron chi connectivity index (χ1n) is 8.63. The molecular formula is C20H22N2O4. The SMILES string of the molecule is CNC(=O)c1cccc(NC(=O)c2cccc(OCC3CCCO3)c2)c1. The Kier molecular flexibility index (Phi) is 5.86. The van der Waals surface area contributed by atoms with Crippen LogP contribution in [0.1, 0.15) is 33.6 Å². The minimum absolute atomic E-state index is 0.125. The number of rotatable bonds is 6. The quantitative estimate of drug-likeness (QED) is 0.836. The molecule has 0 bridgehead atoms. The second-order valence-corrected chi connectivity index (χ2v) is 6.09. The van der Waals surface area contributed by atoms with Gasteiger partial charge in [-0.2, -0.15) is 0 Å². The molecule has 6 heteroatoms. The zero-order valence-electron chi connectivity index (χ0n) is 14.7. The van der Waals surface area contributed by atoms with Gasteiger partial charge in [0.1, 0.15) is 12.4 Å². The number of ether oxygens (including phenoxy) is 2. The fourth-order valence-electron chi connectivity index (χ4n) is 2.78. The molecule has 1 atom stereocenters. The Balaban J connectivity index is 1.64. The largest absolute Gasteiger partial charge is 0.491 e. The number of amides is 2. The molecule has 1 saturated heterocycles. The molecule has 0 radical (unpaired) electrons. The van der Waals surface area contributed by atoms with Gasteiger partial charge in [-0.3, -0.25) is 9.59 Å². The summed E-state index contributed by atoms with van der Waals surface area (Å²) in [6.07, 6.45) is 2.19. The molecule has 2 aromatic carbocycles. The van der Waals surface area contributed by atoms with Crippen LogP contribution in [0, 0.1) is 0 Å². The third-order valence-electron chi connectivity index (χ3n) is 4.17. The summed E-state index contributed by atoms with van der Waals surface area (Å²) in [5, 5.41) is 5.36. The lowest BCUT2D eigenvalue weighted by molar-refractivity contribution is 0.0679. The van der Waals surface area contributed by atoms with Crippen LogP contribution in [-0.4, -0.2) is 38.2 Å². The molecule has 0 saturated carbocycles. The van der Waals surface area contributed by atoms with Crippen molar-refractivity contribution in [3.05, 3.63) is 59.7 Å². The van der Waals surface area contributed by atoms with E-state index in [4.69, 9.17) is 9.47 Å². The Morgan fingerprint density at radius 2 is 1.88 bits per heavy atom. The van der Waals surface area contributed by atoms with E-state index in [1.165, 1.54) is 0 Å². The summed E-state index contributed by atoms with van der Waals surface area (Å²) in [7, 11) is 1.57. The van der Waals surface area contributed by atoms with Gasteiger partial charge in [0.15, 0.2) is 0 Å². The van der Waals surface area contributed by atoms with Gasteiger partial charge in [0.2, 0.25) is 0 Å². The standard InChI is InChI=1S/C20H22N2O4/c1-21-19(23)14-5-2-7-16(11-14)22-20(24)15-6-3-8-17(12-15)26-13-18-9-4-10-25-18/h2-3,5-8,11-12,18H,4,9-10,13H2,1H3,(H,21,23)(H,22,24). The second-order valence-electron chi connectivity index (χ2n) is 6.09. The van der Waals surface area contributed by atoms with Gasteiger partial charge in [-0.25, -0.2) is 0 Å². The number of hydrogen-bond acceptors (Lipinski definition) is 4. The predicted molar refractivity (Wildman–Crippen MR) is 98.7 cm³/mol. The highest BCUT2D eigenvalue weighted by molar-refractivity contribution is 6.05. The first-order chi connectivity index (χ1) is 12.7. The first-order valence-corrected chi connectivity index (χ1v) is 8.63. The fraction of sp³-hybridized carbons (Fsp3) is 0.300. The van der Waals surface area contributed by atoms with Crippen LogP contribution in [0.15, 0.2) is 48.5 Å². The van der Waals surface area contributed by atoms with E-state index < -0.39 is 0 Å². The maximum Gasteiger partial charge on any atom is 0.255 e. The average molecular weight is 354 g/mol. The third-order valence-corrected chi connectivity index (χ3v) is 4.17. The summed E-state index contributed by atoms with van der Waals surface area (Å²) in [4.78, 5) is 24.2. The molecule has 0 aromatic heterocycles. The Bertz CT molecular complexity index is 785. The zero-order valence-corrected chi connectivity index (χ0v) is 14.7. The monoisotopic (exact) mass is 354 g/mol. The Hall–Kier alpha value is -2.86. The molecule has 2 aromatic rings. The van der Waals surface area contributed by atoms with E-state index in [2.05, 4.69) is 10.6 Å². The molecule has 136 valence electrons. The highest BCUT2D eigenvalue weighted by atomic mass is 16.5. The van der Waals surface area contributed by atoms with Crippen LogP contribution in [0.3, 0.4) is 0 Å². The van der Waals surface area contributed by atoms with E-state index >= 15 is 0 Å². The molecule has 0 spiro atoms. The summed E-state index contributed by atoms with van der Waals surface area (Å²) in [5.41, 5.74) is 1.53. The molecular weight excluding hydrogens is 332 g/mol. The topological polar surface area (TPSA) is 76.7 Å². The molecule has 6 nitrogen and oxygen atoms in total. The van der Waals surface area contributed by atoms with Crippen molar-refractivity contribution in [3.8, 4) is 5.75 Å². The van der Waals surface area contributed by atoms with Gasteiger partial charge in [0.25, 0.3) is 11.8 Å². The van der Waals surface area contributed by atoms with E-state index in [1.54, 1.807) is 49.5 Å². The molecule has 26 heavy (non-hydrogen) atoms. The van der Waals surface area contributed by atoms with Crippen molar-refractivity contribution < 1.29 is 19.1 Å². The van der Waals surface area contributed by atoms with Crippen LogP contribution in [0.5, 0.6) is 5.75 Å². The van der Waals surface area contributed by atoms with Crippen LogP contribution in [0.4, 0.5) is 5.69 Å². The number of carbonyl (C=O) groups is 2. The minimum atomic E-state index is -0.262. The predicted octanol–water partition coefficient (Wildman–Crippen LogP) is 2.86. The van der Waals surface area contributed by atoms with E-state index in [9.17, 15) is 9.59 Å². The van der Waals surface area contributed by atoms with Crippen molar-refractivity contribution in [2.24, 2.45) is 0 Å². The molecule has 2 N–H and O–H groups in total. The van der Waals surface area contributed by atoms with Crippen LogP contribution in [0.25, 0.3) is 0 Å². The van der Waals surface area contributed by atoms with Crippen molar-refractivity contribution in [3.63, 3.8) is 0 Å². The molecule has 1 heterocycles. The Morgan fingerprint density at radius 3 is 2.62 bits per heavy atom. The lowest BCUT2D eigenvalue weighted by Gasteiger charge is -2.12. The summed E-state index contributed by atoms with van der Waals surface area (Å²) < 4.78 is 11.3. The van der Waals surface area contributed by atoms with Crippen molar-refractivity contribution in [2.75, 3.05) is 25.6 Å². The highest BCUT2D eigenvalue weighted by Gasteiger charge is 2.16. The van der Waals surface area contributed by atoms with Crippen LogP contribution >= 0.6 is 0 Å². The van der Waals surface area contributed by atoms with E-state index in [-0.39, 0.29) is 17.9 Å². The number of hydrogen-bond donors (Lipinski definition) is 2. The lowest BCUT2D eigenvalue weighted by Crippen LogP contribution is -2.18. The van der Waals surface area contributed by atoms with Gasteiger partial charge < -0.3 is 20.1 Å². The zero-order chi connectivity index (χ0) is 18.4. The van der Waals surface area contributed by atoms with Crippen molar-refractivity contribution in [1.29, 1.82) is 0 Å². The minimum Gasteiger partial charge on any atom is -0.491 e. The summed E-state index contributed by atoms with van der Waals surface area (Å²) >= 11 is 0. The number of benzene rings is 2.